The molecule has 0 aliphatic carbocycles. The van der Waals surface area contributed by atoms with Gasteiger partial charge in [0.2, 0.25) is 0 Å². The van der Waals surface area contributed by atoms with E-state index >= 15 is 0 Å². The Morgan fingerprint density at radius 3 is 2.29 bits per heavy atom. The summed E-state index contributed by atoms with van der Waals surface area (Å²) in [5.41, 5.74) is 2.96. The van der Waals surface area contributed by atoms with Gasteiger partial charge < -0.3 is 4.90 Å². The van der Waals surface area contributed by atoms with Gasteiger partial charge >= 0.3 is 0 Å². The van der Waals surface area contributed by atoms with Crippen LogP contribution in [0.5, 0.6) is 0 Å². The van der Waals surface area contributed by atoms with Crippen molar-refractivity contribution in [1.82, 2.24) is 4.90 Å². The molecule has 3 rings (SSSR count). The van der Waals surface area contributed by atoms with Crippen molar-refractivity contribution in [3.63, 3.8) is 0 Å². The van der Waals surface area contributed by atoms with Gasteiger partial charge in [-0.3, -0.25) is 4.99 Å². The molecule has 0 spiro atoms. The van der Waals surface area contributed by atoms with E-state index in [9.17, 15) is 4.39 Å². The number of halogens is 2. The molecule has 0 amide bonds. The Bertz CT molecular complexity index is 667. The molecule has 1 aliphatic heterocycles. The van der Waals surface area contributed by atoms with Gasteiger partial charge in [-0.15, -0.1) is 12.4 Å². The normalized spacial score (nSPS) is 16.5. The first-order chi connectivity index (χ1) is 9.66. The van der Waals surface area contributed by atoms with Gasteiger partial charge in [0.25, 0.3) is 0 Å². The van der Waals surface area contributed by atoms with Crippen LogP contribution in [-0.4, -0.2) is 24.8 Å². The van der Waals surface area contributed by atoms with E-state index in [2.05, 4.69) is 6.07 Å². The third kappa shape index (κ3) is 2.93. The van der Waals surface area contributed by atoms with Crippen LogP contribution in [0.15, 0.2) is 53.5 Å². The smallest absolute Gasteiger partial charge is 0.128 e. The topological polar surface area (TPSA) is 15.6 Å². The molecule has 0 bridgehead atoms. The van der Waals surface area contributed by atoms with E-state index in [0.717, 1.165) is 17.8 Å². The molecule has 2 aromatic rings. The number of amidine groups is 1. The second kappa shape index (κ2) is 6.27. The third-order valence-corrected chi connectivity index (χ3v) is 3.69. The largest absolute Gasteiger partial charge is 0.366 e. The van der Waals surface area contributed by atoms with Crippen molar-refractivity contribution in [1.29, 1.82) is 0 Å². The molecule has 110 valence electrons. The molecule has 2 nitrogen and oxygen atoms in total. The lowest BCUT2D eigenvalue weighted by atomic mass is 9.90. The minimum atomic E-state index is -0.251. The molecular formula is C17H18ClFN2. The minimum absolute atomic E-state index is 0. The number of hydrogen-bond acceptors (Lipinski definition) is 2. The van der Waals surface area contributed by atoms with Crippen molar-refractivity contribution >= 4 is 18.2 Å². The first kappa shape index (κ1) is 15.5. The summed E-state index contributed by atoms with van der Waals surface area (Å²) in [6.07, 6.45) is 0.800. The maximum Gasteiger partial charge on any atom is 0.128 e. The highest BCUT2D eigenvalue weighted by Crippen LogP contribution is 2.34. The van der Waals surface area contributed by atoms with Gasteiger partial charge in [0.15, 0.2) is 0 Å². The third-order valence-electron chi connectivity index (χ3n) is 3.69. The zero-order chi connectivity index (χ0) is 14.1. The maximum absolute atomic E-state index is 14.1. The van der Waals surface area contributed by atoms with E-state index in [1.54, 1.807) is 6.07 Å². The summed E-state index contributed by atoms with van der Waals surface area (Å²) in [7, 11) is 3.95. The first-order valence-electron chi connectivity index (χ1n) is 6.73. The lowest BCUT2D eigenvalue weighted by Crippen LogP contribution is -2.28. The van der Waals surface area contributed by atoms with Crippen LogP contribution < -0.4 is 0 Å². The highest BCUT2D eigenvalue weighted by atomic mass is 35.5. The second-order valence-corrected chi connectivity index (χ2v) is 5.24. The molecule has 4 heteroatoms. The number of rotatable bonds is 1. The van der Waals surface area contributed by atoms with Crippen molar-refractivity contribution in [2.45, 2.75) is 12.5 Å². The highest BCUT2D eigenvalue weighted by Gasteiger charge is 2.25. The number of aliphatic imine (C=N–C) groups is 1. The summed E-state index contributed by atoms with van der Waals surface area (Å²) in [6.45, 7) is 0. The van der Waals surface area contributed by atoms with Gasteiger partial charge in [-0.05, 0) is 17.2 Å². The van der Waals surface area contributed by atoms with E-state index in [0.29, 0.717) is 5.56 Å². The van der Waals surface area contributed by atoms with Gasteiger partial charge in [0, 0.05) is 26.1 Å². The summed E-state index contributed by atoms with van der Waals surface area (Å²) in [5.74, 6) is 0.785. The number of hydrogen-bond donors (Lipinski definition) is 0. The molecule has 0 N–H and O–H groups in total. The average Bonchev–Trinajstić information content (AvgIpc) is 2.46. The van der Waals surface area contributed by atoms with Crippen molar-refractivity contribution in [3.05, 3.63) is 71.0 Å². The lowest BCUT2D eigenvalue weighted by Gasteiger charge is -2.27. The molecule has 21 heavy (non-hydrogen) atoms. The molecule has 1 heterocycles. The van der Waals surface area contributed by atoms with Crippen LogP contribution in [0.4, 0.5) is 4.39 Å². The first-order valence-corrected chi connectivity index (χ1v) is 6.73. The molecule has 1 unspecified atom stereocenters. The van der Waals surface area contributed by atoms with Crippen LogP contribution in [0.1, 0.15) is 22.7 Å². The quantitative estimate of drug-likeness (QED) is 0.781. The molecule has 0 radical (unpaired) electrons. The second-order valence-electron chi connectivity index (χ2n) is 5.24. The minimum Gasteiger partial charge on any atom is -0.366 e. The Hall–Kier alpha value is -1.87. The lowest BCUT2D eigenvalue weighted by molar-refractivity contribution is 0.574. The summed E-state index contributed by atoms with van der Waals surface area (Å²) >= 11 is 0. The Morgan fingerprint density at radius 2 is 1.62 bits per heavy atom. The van der Waals surface area contributed by atoms with Gasteiger partial charge in [0.1, 0.15) is 17.7 Å². The maximum atomic E-state index is 14.1. The molecule has 0 saturated heterocycles. The van der Waals surface area contributed by atoms with Gasteiger partial charge in [-0.1, -0.05) is 42.5 Å². The number of benzene rings is 2. The van der Waals surface area contributed by atoms with Gasteiger partial charge in [-0.2, -0.15) is 0 Å². The summed E-state index contributed by atoms with van der Waals surface area (Å²) < 4.78 is 14.1. The van der Waals surface area contributed by atoms with Crippen molar-refractivity contribution in [2.24, 2.45) is 4.99 Å². The van der Waals surface area contributed by atoms with Crippen molar-refractivity contribution < 1.29 is 4.39 Å². The molecule has 2 aromatic carbocycles. The summed E-state index contributed by atoms with van der Waals surface area (Å²) in [4.78, 5) is 6.76. The van der Waals surface area contributed by atoms with Crippen LogP contribution in [0.2, 0.25) is 0 Å². The highest BCUT2D eigenvalue weighted by molar-refractivity contribution is 5.86. The predicted octanol–water partition coefficient (Wildman–Crippen LogP) is 3.85. The molecule has 1 atom stereocenters. The summed E-state index contributed by atoms with van der Waals surface area (Å²) in [6, 6.07) is 14.8. The van der Waals surface area contributed by atoms with Crippen molar-refractivity contribution in [2.75, 3.05) is 14.1 Å². The molecule has 1 aliphatic rings. The van der Waals surface area contributed by atoms with Crippen LogP contribution in [0.25, 0.3) is 0 Å². The monoisotopic (exact) mass is 304 g/mol. The van der Waals surface area contributed by atoms with Gasteiger partial charge in [-0.25, -0.2) is 4.39 Å². The molecule has 0 aromatic heterocycles. The van der Waals surface area contributed by atoms with E-state index in [4.69, 9.17) is 4.99 Å². The molecule has 0 fully saturated rings. The Labute approximate surface area is 130 Å². The van der Waals surface area contributed by atoms with Gasteiger partial charge in [0.05, 0.1) is 0 Å². The standard InChI is InChI=1S/C17H17FN2.ClH/c1-20(2)16-11-12-7-3-4-8-13(12)17(19-16)14-9-5-6-10-15(14)18;/h3-10,17H,11H2,1-2H3;1H. The number of nitrogens with zero attached hydrogens (tertiary/aromatic N) is 2. The van der Waals surface area contributed by atoms with Crippen LogP contribution in [0.3, 0.4) is 0 Å². The van der Waals surface area contributed by atoms with E-state index in [1.807, 2.05) is 49.3 Å². The SMILES string of the molecule is CN(C)C1=NC(c2ccccc2F)c2ccccc2C1.Cl. The fraction of sp³-hybridized carbons (Fsp3) is 0.235. The Kier molecular flexibility index (Phi) is 4.63. The predicted molar refractivity (Wildman–Crippen MR) is 86.8 cm³/mol. The van der Waals surface area contributed by atoms with E-state index in [-0.39, 0.29) is 24.3 Å². The fourth-order valence-electron chi connectivity index (χ4n) is 2.60. The van der Waals surface area contributed by atoms with Crippen molar-refractivity contribution in [3.8, 4) is 0 Å². The van der Waals surface area contributed by atoms with Crippen LogP contribution in [0, 0.1) is 5.82 Å². The Balaban J connectivity index is 0.00000161. The molecule has 0 saturated carbocycles. The molecular weight excluding hydrogens is 287 g/mol. The van der Waals surface area contributed by atoms with Crippen LogP contribution >= 0.6 is 12.4 Å². The van der Waals surface area contributed by atoms with E-state index in [1.165, 1.54) is 11.6 Å². The average molecular weight is 305 g/mol. The fourth-order valence-corrected chi connectivity index (χ4v) is 2.60. The Morgan fingerprint density at radius 1 is 1.00 bits per heavy atom. The zero-order valence-corrected chi connectivity index (χ0v) is 12.9. The number of likely N-dealkylation sites (N-methyl/N-ethyl adjacent to an activating group) is 1. The van der Waals surface area contributed by atoms with E-state index < -0.39 is 0 Å². The van der Waals surface area contributed by atoms with Crippen LogP contribution in [-0.2, 0) is 6.42 Å². The summed E-state index contributed by atoms with van der Waals surface area (Å²) in [5, 5.41) is 0. The number of fused-ring (bicyclic) bond motifs is 1. The zero-order valence-electron chi connectivity index (χ0n) is 12.1.